The molecule has 1 aliphatic rings. The number of benzene rings is 4. The van der Waals surface area contributed by atoms with Crippen molar-refractivity contribution in [2.75, 3.05) is 6.73 Å². The van der Waals surface area contributed by atoms with Gasteiger partial charge >= 0.3 is 5.97 Å². The van der Waals surface area contributed by atoms with Crippen molar-refractivity contribution in [1.29, 1.82) is 0 Å². The summed E-state index contributed by atoms with van der Waals surface area (Å²) in [6, 6.07) is 27.8. The van der Waals surface area contributed by atoms with Crippen LogP contribution in [0.4, 0.5) is 0 Å². The molecule has 5 aromatic rings. The first-order valence-corrected chi connectivity index (χ1v) is 17.8. The molecule has 8 nitrogen and oxygen atoms in total. The Labute approximate surface area is 285 Å². The summed E-state index contributed by atoms with van der Waals surface area (Å²) in [4.78, 5) is 26.2. The lowest BCUT2D eigenvalue weighted by molar-refractivity contribution is -0.148. The highest BCUT2D eigenvalue weighted by Gasteiger charge is 2.41. The minimum absolute atomic E-state index is 0.203. The maximum absolute atomic E-state index is 13.0. The van der Waals surface area contributed by atoms with Crippen molar-refractivity contribution in [2.45, 2.75) is 51.0 Å². The highest BCUT2D eigenvalue weighted by Crippen LogP contribution is 2.58. The van der Waals surface area contributed by atoms with Crippen LogP contribution in [0.3, 0.4) is 0 Å². The van der Waals surface area contributed by atoms with Gasteiger partial charge in [0.2, 0.25) is 0 Å². The Morgan fingerprint density at radius 1 is 0.917 bits per heavy atom. The Kier molecular flexibility index (Phi) is 9.10. The lowest BCUT2D eigenvalue weighted by Crippen LogP contribution is -2.31. The van der Waals surface area contributed by atoms with Crippen LogP contribution in [0.25, 0.3) is 26.6 Å². The lowest BCUT2D eigenvalue weighted by Gasteiger charge is -2.36. The molecule has 4 aromatic carbocycles. The maximum Gasteiger partial charge on any atom is 0.331 e. The second kappa shape index (κ2) is 13.1. The van der Waals surface area contributed by atoms with Gasteiger partial charge < -0.3 is 14.2 Å². The van der Waals surface area contributed by atoms with Gasteiger partial charge in [0.15, 0.2) is 12.5 Å². The Morgan fingerprint density at radius 3 is 2.27 bits per heavy atom. The van der Waals surface area contributed by atoms with E-state index in [1.54, 1.807) is 47.7 Å². The first kappa shape index (κ1) is 33.3. The van der Waals surface area contributed by atoms with E-state index >= 15 is 0 Å². The van der Waals surface area contributed by atoms with Crippen LogP contribution in [0, 0.1) is 0 Å². The van der Waals surface area contributed by atoms with Crippen molar-refractivity contribution in [2.24, 2.45) is 0 Å². The summed E-state index contributed by atoms with van der Waals surface area (Å²) in [5.74, 6) is 1.18. The lowest BCUT2D eigenvalue weighted by atomic mass is 9.96. The molecule has 0 fully saturated rings. The van der Waals surface area contributed by atoms with Gasteiger partial charge in [-0.3, -0.25) is 13.9 Å². The van der Waals surface area contributed by atoms with Crippen LogP contribution < -0.4 is 9.47 Å². The minimum atomic E-state index is -3.50. The van der Waals surface area contributed by atoms with Gasteiger partial charge in [-0.25, -0.2) is 4.79 Å². The number of hydrogen-bond donors (Lipinski definition) is 2. The highest BCUT2D eigenvalue weighted by atomic mass is 32.3. The Bertz CT molecular complexity index is 2020. The summed E-state index contributed by atoms with van der Waals surface area (Å²) in [7, 11) is -3.50. The SMILES string of the molecule is CC(C)c1ccccc1-c1sc2cc(OCN3C(=O)c4ccccc4S3(O)O)ccc2c1Oc1ccc(/C=C/C(=O)OC(C)(C)C)cc1. The van der Waals surface area contributed by atoms with Gasteiger partial charge in [0.1, 0.15) is 17.1 Å². The number of carbonyl (C=O) groups excluding carboxylic acids is 2. The molecule has 6 rings (SSSR count). The van der Waals surface area contributed by atoms with Crippen molar-refractivity contribution in [3.8, 4) is 27.7 Å². The monoisotopic (exact) mass is 683 g/mol. The fraction of sp³-hybridized carbons (Fsp3) is 0.211. The largest absolute Gasteiger partial charge is 0.471 e. The third-order valence-corrected chi connectivity index (χ3v) is 10.7. The van der Waals surface area contributed by atoms with E-state index in [0.717, 1.165) is 30.4 Å². The van der Waals surface area contributed by atoms with E-state index in [2.05, 4.69) is 26.0 Å². The van der Waals surface area contributed by atoms with Crippen LogP contribution in [0.15, 0.2) is 102 Å². The van der Waals surface area contributed by atoms with Gasteiger partial charge in [0.25, 0.3) is 5.91 Å². The molecule has 1 aliphatic heterocycles. The maximum atomic E-state index is 13.0. The van der Waals surface area contributed by atoms with Crippen LogP contribution in [-0.4, -0.2) is 37.6 Å². The molecule has 1 amide bonds. The van der Waals surface area contributed by atoms with Crippen LogP contribution >= 0.6 is 22.1 Å². The molecule has 0 bridgehead atoms. The van der Waals surface area contributed by atoms with Crippen LogP contribution in [-0.2, 0) is 9.53 Å². The summed E-state index contributed by atoms with van der Waals surface area (Å²) in [6.45, 7) is 9.47. The zero-order valence-electron chi connectivity index (χ0n) is 27.3. The van der Waals surface area contributed by atoms with Crippen molar-refractivity contribution in [3.63, 3.8) is 0 Å². The van der Waals surface area contributed by atoms with E-state index in [0.29, 0.717) is 17.2 Å². The minimum Gasteiger partial charge on any atom is -0.471 e. The first-order chi connectivity index (χ1) is 22.8. The Hall–Kier alpha value is -4.61. The molecule has 248 valence electrons. The molecule has 1 aromatic heterocycles. The van der Waals surface area contributed by atoms with Gasteiger partial charge in [0.05, 0.1) is 15.3 Å². The number of amides is 1. The number of ether oxygens (including phenoxy) is 3. The smallest absolute Gasteiger partial charge is 0.331 e. The normalized spacial score (nSPS) is 14.8. The molecular formula is C38H37NO7S2. The molecule has 2 N–H and O–H groups in total. The number of esters is 1. The highest BCUT2D eigenvalue weighted by molar-refractivity contribution is 8.23. The van der Waals surface area contributed by atoms with E-state index in [-0.39, 0.29) is 23.1 Å². The van der Waals surface area contributed by atoms with Gasteiger partial charge in [0, 0.05) is 16.2 Å². The predicted molar refractivity (Wildman–Crippen MR) is 192 cm³/mol. The second-order valence-corrected chi connectivity index (χ2v) is 15.6. The number of rotatable bonds is 9. The topological polar surface area (TPSA) is 106 Å². The quantitative estimate of drug-likeness (QED) is 0.118. The molecule has 48 heavy (non-hydrogen) atoms. The average molecular weight is 684 g/mol. The fourth-order valence-corrected chi connectivity index (χ4v) is 8.09. The van der Waals surface area contributed by atoms with Crippen LogP contribution in [0.5, 0.6) is 17.2 Å². The molecule has 0 atom stereocenters. The number of nitrogens with zero attached hydrogens (tertiary/aromatic N) is 1. The molecule has 0 saturated carbocycles. The molecule has 0 spiro atoms. The first-order valence-electron chi connectivity index (χ1n) is 15.5. The number of fused-ring (bicyclic) bond motifs is 2. The second-order valence-electron chi connectivity index (χ2n) is 12.7. The van der Waals surface area contributed by atoms with Gasteiger partial charge in [-0.05, 0) is 91.9 Å². The number of thiophene rings is 1. The molecule has 2 heterocycles. The summed E-state index contributed by atoms with van der Waals surface area (Å²) in [5, 5.41) is 0.878. The molecule has 10 heteroatoms. The number of carbonyl (C=O) groups is 2. The molecule has 0 unspecified atom stereocenters. The van der Waals surface area contributed by atoms with Crippen molar-refractivity contribution in [1.82, 2.24) is 4.31 Å². The summed E-state index contributed by atoms with van der Waals surface area (Å²) < 4.78 is 41.5. The third-order valence-electron chi connectivity index (χ3n) is 7.66. The predicted octanol–water partition coefficient (Wildman–Crippen LogP) is 10.4. The van der Waals surface area contributed by atoms with E-state index in [1.165, 1.54) is 11.6 Å². The zero-order valence-corrected chi connectivity index (χ0v) is 28.9. The Balaban J connectivity index is 1.29. The molecule has 0 aliphatic carbocycles. The van der Waals surface area contributed by atoms with Crippen molar-refractivity contribution in [3.05, 3.63) is 114 Å². The van der Waals surface area contributed by atoms with Crippen molar-refractivity contribution < 1.29 is 32.9 Å². The average Bonchev–Trinajstić information content (AvgIpc) is 3.49. The van der Waals surface area contributed by atoms with Crippen molar-refractivity contribution >= 4 is 50.2 Å². The van der Waals surface area contributed by atoms with Crippen LogP contribution in [0.2, 0.25) is 0 Å². The Morgan fingerprint density at radius 2 is 1.58 bits per heavy atom. The van der Waals surface area contributed by atoms with E-state index in [4.69, 9.17) is 14.2 Å². The summed E-state index contributed by atoms with van der Waals surface area (Å²) in [5.41, 5.74) is 2.78. The zero-order chi connectivity index (χ0) is 34.2. The fourth-order valence-electron chi connectivity index (χ4n) is 5.41. The van der Waals surface area contributed by atoms with Gasteiger partial charge in [-0.15, -0.1) is 11.3 Å². The van der Waals surface area contributed by atoms with Gasteiger partial charge in [-0.1, -0.05) is 73.2 Å². The standard InChI is InChI=1S/C38H37NO7S2/c1-24(2)28-10-6-7-11-29(28)36-35(45-26-17-14-25(15-18-26)16-21-34(40)46-38(3,4)5)30-20-19-27(22-32(30)47-36)44-23-39-37(41)31-12-8-9-13-33(31)48(39,42)43/h6-22,24,42-43H,23H2,1-5H3/b21-16+. The number of hydrogen-bond acceptors (Lipinski definition) is 8. The summed E-state index contributed by atoms with van der Waals surface area (Å²) in [6.07, 6.45) is 3.12. The molecule has 0 radical (unpaired) electrons. The molecule has 0 saturated heterocycles. The van der Waals surface area contributed by atoms with E-state index in [9.17, 15) is 18.7 Å². The van der Waals surface area contributed by atoms with Gasteiger partial charge in [-0.2, -0.15) is 4.31 Å². The summed E-state index contributed by atoms with van der Waals surface area (Å²) >= 11 is 1.57. The molecular weight excluding hydrogens is 647 g/mol. The van der Waals surface area contributed by atoms with Crippen LogP contribution in [0.1, 0.15) is 62.0 Å². The third kappa shape index (κ3) is 6.84. The van der Waals surface area contributed by atoms with E-state index in [1.807, 2.05) is 69.3 Å². The van der Waals surface area contributed by atoms with E-state index < -0.39 is 28.3 Å².